The molecule has 0 spiro atoms. The minimum atomic E-state index is -0.0282. The second kappa shape index (κ2) is 6.50. The molecule has 2 rings (SSSR count). The molecule has 0 aliphatic rings. The van der Waals surface area contributed by atoms with E-state index in [9.17, 15) is 0 Å². The van der Waals surface area contributed by atoms with Crippen molar-refractivity contribution >= 4 is 18.2 Å². The monoisotopic (exact) mass is 280 g/mol. The first-order chi connectivity index (χ1) is 8.72. The Hall–Kier alpha value is -2.41. The molecule has 1 aromatic carbocycles. The van der Waals surface area contributed by atoms with Gasteiger partial charge in [0.05, 0.1) is 0 Å². The Kier molecular flexibility index (Phi) is 5.01. The molecule has 100 valence electrons. The number of nitrogen functional groups attached to an aromatic ring is 1. The molecule has 0 bridgehead atoms. The number of hydrogen-bond acceptors (Lipinski definition) is 5. The molecule has 1 aromatic heterocycles. The highest BCUT2D eigenvalue weighted by Crippen LogP contribution is 2.23. The van der Waals surface area contributed by atoms with Gasteiger partial charge in [-0.15, -0.1) is 17.5 Å². The molecular weight excluding hydrogens is 268 g/mol. The zero-order chi connectivity index (χ0) is 13.0. The van der Waals surface area contributed by atoms with E-state index in [1.165, 1.54) is 11.0 Å². The van der Waals surface area contributed by atoms with Gasteiger partial charge in [0.25, 0.3) is 0 Å². The van der Waals surface area contributed by atoms with Crippen molar-refractivity contribution in [3.63, 3.8) is 0 Å². The number of tetrazole rings is 1. The summed E-state index contributed by atoms with van der Waals surface area (Å²) in [6, 6.07) is 5.11. The highest BCUT2D eigenvalue weighted by Gasteiger charge is 2.09. The number of nitrogens with two attached hydrogens (primary N) is 1. The number of ether oxygens (including phenoxy) is 1. The summed E-state index contributed by atoms with van der Waals surface area (Å²) in [5, 5.41) is 18.4. The maximum Gasteiger partial charge on any atom is 0.145 e. The number of hydrogen-bond donors (Lipinski definition) is 2. The van der Waals surface area contributed by atoms with E-state index < -0.39 is 0 Å². The molecule has 7 nitrogen and oxygen atoms in total. The van der Waals surface area contributed by atoms with Gasteiger partial charge in [0.2, 0.25) is 0 Å². The van der Waals surface area contributed by atoms with Crippen LogP contribution in [-0.4, -0.2) is 32.6 Å². The second-order valence-corrected chi connectivity index (χ2v) is 3.45. The van der Waals surface area contributed by atoms with Crippen LogP contribution in [0.3, 0.4) is 0 Å². The second-order valence-electron chi connectivity index (χ2n) is 3.45. The van der Waals surface area contributed by atoms with Crippen molar-refractivity contribution in [1.82, 2.24) is 20.2 Å². The molecule has 0 unspecified atom stereocenters. The summed E-state index contributed by atoms with van der Waals surface area (Å²) < 4.78 is 6.95. The fraction of sp³-hybridized carbons (Fsp3) is 0.0909. The molecule has 0 fully saturated rings. The quantitative estimate of drug-likeness (QED) is 0.482. The van der Waals surface area contributed by atoms with E-state index in [0.717, 1.165) is 0 Å². The van der Waals surface area contributed by atoms with Gasteiger partial charge < -0.3 is 10.5 Å². The fourth-order valence-corrected chi connectivity index (χ4v) is 1.41. The Labute approximate surface area is 116 Å². The molecule has 0 aliphatic heterocycles. The molecule has 0 radical (unpaired) electrons. The maximum absolute atomic E-state index is 7.43. The lowest BCUT2D eigenvalue weighted by Gasteiger charge is -2.10. The van der Waals surface area contributed by atoms with Crippen LogP contribution in [0.15, 0.2) is 37.2 Å². The van der Waals surface area contributed by atoms with Crippen molar-refractivity contribution in [2.45, 2.75) is 0 Å². The third kappa shape index (κ3) is 3.29. The minimum Gasteiger partial charge on any atom is -0.487 e. The fourth-order valence-electron chi connectivity index (χ4n) is 1.41. The van der Waals surface area contributed by atoms with Crippen LogP contribution >= 0.6 is 12.4 Å². The van der Waals surface area contributed by atoms with E-state index in [1.807, 2.05) is 0 Å². The average Bonchev–Trinajstić information content (AvgIpc) is 2.89. The van der Waals surface area contributed by atoms with Crippen molar-refractivity contribution in [2.75, 3.05) is 6.61 Å². The van der Waals surface area contributed by atoms with Crippen molar-refractivity contribution in [1.29, 1.82) is 5.41 Å². The predicted octanol–water partition coefficient (Wildman–Crippen LogP) is 0.933. The van der Waals surface area contributed by atoms with Gasteiger partial charge in [-0.25, -0.2) is 0 Å². The average molecular weight is 281 g/mol. The lowest BCUT2D eigenvalue weighted by molar-refractivity contribution is 0.361. The number of nitrogens with one attached hydrogen (secondary N) is 1. The zero-order valence-electron chi connectivity index (χ0n) is 9.98. The summed E-state index contributed by atoms with van der Waals surface area (Å²) in [5.41, 5.74) is 6.65. The van der Waals surface area contributed by atoms with Crippen LogP contribution in [0.1, 0.15) is 5.56 Å². The number of nitrogens with zero attached hydrogens (tertiary/aromatic N) is 4. The summed E-state index contributed by atoms with van der Waals surface area (Å²) in [6.45, 7) is 3.96. The van der Waals surface area contributed by atoms with Crippen LogP contribution in [0.25, 0.3) is 5.69 Å². The van der Waals surface area contributed by atoms with Crippen LogP contribution in [0.4, 0.5) is 0 Å². The van der Waals surface area contributed by atoms with E-state index in [-0.39, 0.29) is 18.2 Å². The van der Waals surface area contributed by atoms with Crippen molar-refractivity contribution in [3.05, 3.63) is 42.7 Å². The Balaban J connectivity index is 0.00000180. The summed E-state index contributed by atoms with van der Waals surface area (Å²) in [4.78, 5) is 0. The van der Waals surface area contributed by atoms with Gasteiger partial charge >= 0.3 is 0 Å². The predicted molar refractivity (Wildman–Crippen MR) is 73.1 cm³/mol. The summed E-state index contributed by atoms with van der Waals surface area (Å²) in [7, 11) is 0. The number of aromatic nitrogens is 4. The molecule has 19 heavy (non-hydrogen) atoms. The lowest BCUT2D eigenvalue weighted by atomic mass is 10.1. The Bertz CT molecular complexity index is 569. The molecule has 1 heterocycles. The Morgan fingerprint density at radius 2 is 2.32 bits per heavy atom. The van der Waals surface area contributed by atoms with Crippen LogP contribution in [0.2, 0.25) is 0 Å². The zero-order valence-corrected chi connectivity index (χ0v) is 10.8. The highest BCUT2D eigenvalue weighted by molar-refractivity contribution is 5.95. The molecule has 3 N–H and O–H groups in total. The Morgan fingerprint density at radius 3 is 2.89 bits per heavy atom. The third-order valence-electron chi connectivity index (χ3n) is 2.22. The molecule has 0 saturated heterocycles. The van der Waals surface area contributed by atoms with Gasteiger partial charge in [0.1, 0.15) is 30.2 Å². The third-order valence-corrected chi connectivity index (χ3v) is 2.22. The topological polar surface area (TPSA) is 103 Å². The van der Waals surface area contributed by atoms with Crippen LogP contribution in [0, 0.1) is 5.41 Å². The highest BCUT2D eigenvalue weighted by atomic mass is 35.5. The van der Waals surface area contributed by atoms with E-state index >= 15 is 0 Å². The molecule has 0 atom stereocenters. The normalized spacial score (nSPS) is 9.47. The van der Waals surface area contributed by atoms with Crippen LogP contribution < -0.4 is 10.5 Å². The number of halogens is 1. The van der Waals surface area contributed by atoms with Gasteiger partial charge in [-0.2, -0.15) is 4.68 Å². The number of benzene rings is 1. The van der Waals surface area contributed by atoms with E-state index in [4.69, 9.17) is 15.9 Å². The standard InChI is InChI=1S/C11H12N6O.ClH/c1-2-5-18-10-4-3-8(11(12)13)6-9(10)17-7-14-15-16-17;/h2-4,6-7H,1,5H2,(H3,12,13);1H. The molecule has 2 aromatic rings. The van der Waals surface area contributed by atoms with Gasteiger partial charge in [-0.1, -0.05) is 12.7 Å². The van der Waals surface area contributed by atoms with E-state index in [1.54, 1.807) is 24.3 Å². The Morgan fingerprint density at radius 1 is 1.53 bits per heavy atom. The van der Waals surface area contributed by atoms with Gasteiger partial charge in [0, 0.05) is 5.56 Å². The van der Waals surface area contributed by atoms with E-state index in [2.05, 4.69) is 22.1 Å². The van der Waals surface area contributed by atoms with Crippen molar-refractivity contribution < 1.29 is 4.74 Å². The van der Waals surface area contributed by atoms with E-state index in [0.29, 0.717) is 23.6 Å². The van der Waals surface area contributed by atoms with Crippen LogP contribution in [-0.2, 0) is 0 Å². The SMILES string of the molecule is C=CCOc1ccc(C(=N)N)cc1-n1cnnn1.Cl. The molecule has 8 heteroatoms. The minimum absolute atomic E-state index is 0. The van der Waals surface area contributed by atoms with Gasteiger partial charge in [-0.05, 0) is 28.6 Å². The first-order valence-electron chi connectivity index (χ1n) is 5.18. The lowest BCUT2D eigenvalue weighted by Crippen LogP contribution is -2.12. The van der Waals surface area contributed by atoms with Gasteiger partial charge in [-0.3, -0.25) is 5.41 Å². The first-order valence-corrected chi connectivity index (χ1v) is 5.18. The summed E-state index contributed by atoms with van der Waals surface area (Å²) >= 11 is 0. The smallest absolute Gasteiger partial charge is 0.145 e. The first kappa shape index (κ1) is 14.7. The summed E-state index contributed by atoms with van der Waals surface area (Å²) in [5.74, 6) is 0.562. The largest absolute Gasteiger partial charge is 0.487 e. The van der Waals surface area contributed by atoms with Gasteiger partial charge in [0.15, 0.2) is 0 Å². The molecule has 0 saturated carbocycles. The number of amidine groups is 1. The van der Waals surface area contributed by atoms with Crippen molar-refractivity contribution in [3.8, 4) is 11.4 Å². The maximum atomic E-state index is 7.43. The molecular formula is C11H13ClN6O. The molecule has 0 amide bonds. The number of rotatable bonds is 5. The summed E-state index contributed by atoms with van der Waals surface area (Å²) in [6.07, 6.45) is 3.09. The van der Waals surface area contributed by atoms with Crippen molar-refractivity contribution in [2.24, 2.45) is 5.73 Å². The molecule has 0 aliphatic carbocycles. The van der Waals surface area contributed by atoms with Crippen LogP contribution in [0.5, 0.6) is 5.75 Å².